The normalized spacial score (nSPS) is 19.1. The molecule has 1 aromatic heterocycles. The molecular formula is C36H34N2O8S. The standard InChI is InChI=1S/C36H34N2O8S/c1-2-3-19-28(47)22-27-20-21-38(36(42)37-27)32-31(46-35(41)26-17-11-6-12-18-26)30(45-34(40)25-15-9-5-10-16-25)29(44-32)23-43-33(39)24-13-7-4-8-14-24/h4-18,20-22,29-32,47H,2-3,19,23H2,1H3/b28-22-/t29-,30-,31-,32-/m1/s1. The molecule has 1 fully saturated rings. The molecule has 1 saturated heterocycles. The van der Waals surface area contributed by atoms with Crippen LogP contribution in [0.4, 0.5) is 0 Å². The molecule has 1 aliphatic heterocycles. The first-order chi connectivity index (χ1) is 22.8. The summed E-state index contributed by atoms with van der Waals surface area (Å²) in [7, 11) is 0. The number of carbonyl (C=O) groups is 3. The van der Waals surface area contributed by atoms with Crippen LogP contribution >= 0.6 is 12.6 Å². The van der Waals surface area contributed by atoms with Crippen LogP contribution in [-0.4, -0.2) is 52.4 Å². The molecular weight excluding hydrogens is 620 g/mol. The van der Waals surface area contributed by atoms with Gasteiger partial charge < -0.3 is 18.9 Å². The summed E-state index contributed by atoms with van der Waals surface area (Å²) in [5.41, 5.74) is 0.473. The second-order valence-electron chi connectivity index (χ2n) is 10.8. The molecule has 4 aromatic rings. The van der Waals surface area contributed by atoms with E-state index in [1.807, 2.05) is 0 Å². The van der Waals surface area contributed by atoms with Gasteiger partial charge in [-0.1, -0.05) is 67.9 Å². The number of unbranched alkanes of at least 4 members (excludes halogenated alkanes) is 1. The summed E-state index contributed by atoms with van der Waals surface area (Å²) in [6.07, 6.45) is 0.821. The zero-order chi connectivity index (χ0) is 33.2. The third-order valence-electron chi connectivity index (χ3n) is 7.41. The molecule has 0 spiro atoms. The summed E-state index contributed by atoms with van der Waals surface area (Å²) in [5, 5.41) is 0. The Bertz CT molecular complexity index is 1760. The number of benzene rings is 3. The Morgan fingerprint density at radius 1 is 0.809 bits per heavy atom. The van der Waals surface area contributed by atoms with Gasteiger partial charge in [-0.2, -0.15) is 4.98 Å². The molecule has 1 aliphatic rings. The molecule has 10 nitrogen and oxygen atoms in total. The van der Waals surface area contributed by atoms with Crippen molar-refractivity contribution in [3.63, 3.8) is 0 Å². The maximum absolute atomic E-state index is 13.4. The molecule has 5 rings (SSSR count). The third-order valence-corrected chi connectivity index (χ3v) is 7.76. The van der Waals surface area contributed by atoms with Gasteiger partial charge in [-0.15, -0.1) is 12.6 Å². The predicted molar refractivity (Wildman–Crippen MR) is 177 cm³/mol. The zero-order valence-corrected chi connectivity index (χ0v) is 26.5. The SMILES string of the molecule is CCCC/C(S)=C/c1ccn([C@@H]2O[C@H](COC(=O)c3ccccc3)[C@@H](OC(=O)c3ccccc3)[C@H]2OC(=O)c2ccccc2)c(=O)n1. The van der Waals surface area contributed by atoms with E-state index in [4.69, 9.17) is 18.9 Å². The number of thiol groups is 1. The number of hydrogen-bond acceptors (Lipinski definition) is 10. The molecule has 3 aromatic carbocycles. The van der Waals surface area contributed by atoms with Crippen molar-refractivity contribution in [2.45, 2.75) is 50.7 Å². The van der Waals surface area contributed by atoms with Crippen LogP contribution in [0.25, 0.3) is 6.08 Å². The van der Waals surface area contributed by atoms with Crippen LogP contribution in [0, 0.1) is 0 Å². The molecule has 0 bridgehead atoms. The lowest BCUT2D eigenvalue weighted by atomic mass is 10.1. The highest BCUT2D eigenvalue weighted by Crippen LogP contribution is 2.35. The first-order valence-corrected chi connectivity index (χ1v) is 15.7. The number of rotatable bonds is 12. The Morgan fingerprint density at radius 2 is 1.34 bits per heavy atom. The number of nitrogens with zero attached hydrogens (tertiary/aromatic N) is 2. The van der Waals surface area contributed by atoms with E-state index in [9.17, 15) is 19.2 Å². The molecule has 0 unspecified atom stereocenters. The third kappa shape index (κ3) is 8.63. The van der Waals surface area contributed by atoms with Crippen molar-refractivity contribution >= 4 is 36.6 Å². The molecule has 0 amide bonds. The second kappa shape index (κ2) is 16.0. The molecule has 11 heteroatoms. The summed E-state index contributed by atoms with van der Waals surface area (Å²) in [4.78, 5) is 57.9. The first-order valence-electron chi connectivity index (χ1n) is 15.2. The molecule has 0 saturated carbocycles. The van der Waals surface area contributed by atoms with Gasteiger partial charge in [0.15, 0.2) is 18.4 Å². The summed E-state index contributed by atoms with van der Waals surface area (Å²) < 4.78 is 24.8. The van der Waals surface area contributed by atoms with Crippen LogP contribution in [0.3, 0.4) is 0 Å². The van der Waals surface area contributed by atoms with Crippen LogP contribution in [-0.2, 0) is 18.9 Å². The van der Waals surface area contributed by atoms with Gasteiger partial charge in [0.05, 0.1) is 22.4 Å². The minimum atomic E-state index is -1.33. The van der Waals surface area contributed by atoms with Crippen LogP contribution in [0.1, 0.15) is 69.2 Å². The smallest absolute Gasteiger partial charge is 0.350 e. The van der Waals surface area contributed by atoms with Gasteiger partial charge in [0.25, 0.3) is 0 Å². The van der Waals surface area contributed by atoms with Crippen LogP contribution < -0.4 is 5.69 Å². The second-order valence-corrected chi connectivity index (χ2v) is 11.4. The fraction of sp³-hybridized carbons (Fsp3) is 0.250. The van der Waals surface area contributed by atoms with Gasteiger partial charge >= 0.3 is 23.6 Å². The minimum Gasteiger partial charge on any atom is -0.459 e. The van der Waals surface area contributed by atoms with E-state index >= 15 is 0 Å². The van der Waals surface area contributed by atoms with Crippen molar-refractivity contribution in [1.82, 2.24) is 9.55 Å². The highest BCUT2D eigenvalue weighted by molar-refractivity contribution is 7.84. The van der Waals surface area contributed by atoms with Crippen molar-refractivity contribution in [2.24, 2.45) is 0 Å². The van der Waals surface area contributed by atoms with Gasteiger partial charge in [-0.25, -0.2) is 19.2 Å². The monoisotopic (exact) mass is 654 g/mol. The quantitative estimate of drug-likeness (QED) is 0.113. The fourth-order valence-electron chi connectivity index (χ4n) is 4.98. The number of hydrogen-bond donors (Lipinski definition) is 1. The van der Waals surface area contributed by atoms with Gasteiger partial charge in [-0.05, 0) is 66.3 Å². The van der Waals surface area contributed by atoms with E-state index in [0.29, 0.717) is 11.3 Å². The van der Waals surface area contributed by atoms with E-state index in [2.05, 4.69) is 24.5 Å². The minimum absolute atomic E-state index is 0.234. The van der Waals surface area contributed by atoms with Gasteiger partial charge in [0.2, 0.25) is 0 Å². The molecule has 0 radical (unpaired) electrons. The van der Waals surface area contributed by atoms with E-state index in [1.54, 1.807) is 103 Å². The van der Waals surface area contributed by atoms with E-state index in [0.717, 1.165) is 28.7 Å². The Balaban J connectivity index is 1.50. The summed E-state index contributed by atoms with van der Waals surface area (Å²) in [5.74, 6) is -2.09. The number of aromatic nitrogens is 2. The molecule has 0 N–H and O–H groups in total. The van der Waals surface area contributed by atoms with E-state index in [-0.39, 0.29) is 17.7 Å². The largest absolute Gasteiger partial charge is 0.459 e. The molecule has 2 heterocycles. The Labute approximate surface area is 277 Å². The Morgan fingerprint density at radius 3 is 1.87 bits per heavy atom. The molecule has 47 heavy (non-hydrogen) atoms. The summed E-state index contributed by atoms with van der Waals surface area (Å²) in [6.45, 7) is 1.70. The van der Waals surface area contributed by atoms with Gasteiger partial charge in [-0.3, -0.25) is 4.57 Å². The molecule has 4 atom stereocenters. The lowest BCUT2D eigenvalue weighted by molar-refractivity contribution is -0.0639. The summed E-state index contributed by atoms with van der Waals surface area (Å²) in [6, 6.07) is 26.4. The van der Waals surface area contributed by atoms with E-state index in [1.165, 1.54) is 6.20 Å². The van der Waals surface area contributed by atoms with Crippen molar-refractivity contribution < 1.29 is 33.3 Å². The van der Waals surface area contributed by atoms with Crippen LogP contribution in [0.5, 0.6) is 0 Å². The average molecular weight is 655 g/mol. The molecule has 0 aliphatic carbocycles. The van der Waals surface area contributed by atoms with Crippen molar-refractivity contribution in [3.05, 3.63) is 141 Å². The number of allylic oxidation sites excluding steroid dienone is 1. The van der Waals surface area contributed by atoms with E-state index < -0.39 is 48.1 Å². The summed E-state index contributed by atoms with van der Waals surface area (Å²) >= 11 is 4.50. The highest BCUT2D eigenvalue weighted by atomic mass is 32.1. The number of ether oxygens (including phenoxy) is 4. The average Bonchev–Trinajstić information content (AvgIpc) is 3.42. The van der Waals surface area contributed by atoms with Gasteiger partial charge in [0, 0.05) is 6.20 Å². The number of esters is 3. The van der Waals surface area contributed by atoms with Crippen LogP contribution in [0.2, 0.25) is 0 Å². The lowest BCUT2D eigenvalue weighted by Crippen LogP contribution is -2.42. The lowest BCUT2D eigenvalue weighted by Gasteiger charge is -2.25. The predicted octanol–water partition coefficient (Wildman–Crippen LogP) is 5.91. The molecule has 242 valence electrons. The van der Waals surface area contributed by atoms with Crippen LogP contribution in [0.15, 0.2) is 113 Å². The van der Waals surface area contributed by atoms with Crippen molar-refractivity contribution in [2.75, 3.05) is 6.61 Å². The highest BCUT2D eigenvalue weighted by Gasteiger charge is 2.51. The Hall–Kier alpha value is -5.00. The fourth-order valence-corrected chi connectivity index (χ4v) is 5.27. The maximum Gasteiger partial charge on any atom is 0.350 e. The maximum atomic E-state index is 13.4. The van der Waals surface area contributed by atoms with Gasteiger partial charge in [0.1, 0.15) is 12.7 Å². The van der Waals surface area contributed by atoms with Crippen molar-refractivity contribution in [3.8, 4) is 0 Å². The number of carbonyl (C=O) groups excluding carboxylic acids is 3. The first kappa shape index (κ1) is 33.4. The zero-order valence-electron chi connectivity index (χ0n) is 25.6. The van der Waals surface area contributed by atoms with Crippen molar-refractivity contribution in [1.29, 1.82) is 0 Å². The Kier molecular flexibility index (Phi) is 11.4. The topological polar surface area (TPSA) is 123 Å².